The van der Waals surface area contributed by atoms with Crippen molar-refractivity contribution < 1.29 is 95.8 Å². The van der Waals surface area contributed by atoms with E-state index in [9.17, 15) is 26.3 Å². The first-order valence-corrected chi connectivity index (χ1v) is 31.4. The number of hydrogen-bond acceptors (Lipinski definition) is 10. The van der Waals surface area contributed by atoms with E-state index >= 15 is 0 Å². The molecule has 6 aromatic carbocycles. The number of aryl methyl sites for hydroxylation is 8. The van der Waals surface area contributed by atoms with Crippen LogP contribution in [0.2, 0.25) is 0 Å². The molecule has 0 radical (unpaired) electrons. The van der Waals surface area contributed by atoms with E-state index < -0.39 is 59.9 Å². The van der Waals surface area contributed by atoms with Crippen molar-refractivity contribution in [2.24, 2.45) is 0 Å². The fraction of sp³-hybridized carbons (Fsp3) is 0.294. The largest absolute Gasteiger partial charge is 2.00 e. The summed E-state index contributed by atoms with van der Waals surface area (Å²) in [6, 6.07) is 36.9. The second-order valence-corrected chi connectivity index (χ2v) is 29.9. The summed E-state index contributed by atoms with van der Waals surface area (Å²) in [5.41, 5.74) is 0.903. The number of fused-ring (bicyclic) bond motifs is 2. The maximum absolute atomic E-state index is 10.7. The van der Waals surface area contributed by atoms with Crippen molar-refractivity contribution in [3.63, 3.8) is 0 Å². The molecular weight excluding hydrogens is 1440 g/mol. The zero-order chi connectivity index (χ0) is 63.8. The Morgan fingerprint density at radius 3 is 0.790 bits per heavy atom. The molecule has 0 aliphatic carbocycles. The first-order valence-electron chi connectivity index (χ1n) is 23.7. The minimum absolute atomic E-state index is 0. The Morgan fingerprint density at radius 1 is 0.432 bits per heavy atom. The molecule has 0 N–H and O–H groups in total. The minimum atomic E-state index is -6.09. The third-order valence-corrected chi connectivity index (χ3v) is 17.0. The Labute approximate surface area is 532 Å². The molecule has 0 fully saturated rings. The maximum atomic E-state index is 10.7. The topological polar surface area (TPSA) is 151 Å². The van der Waals surface area contributed by atoms with Crippen LogP contribution in [-0.4, -0.2) is 63.4 Å². The van der Waals surface area contributed by atoms with Gasteiger partial charge in [0.1, 0.15) is 31.8 Å². The van der Waals surface area contributed by atoms with E-state index in [4.69, 9.17) is 153 Å². The van der Waals surface area contributed by atoms with E-state index in [0.29, 0.717) is 0 Å². The van der Waals surface area contributed by atoms with Crippen molar-refractivity contribution >= 4 is 172 Å². The molecule has 81 heavy (non-hydrogen) atoms. The van der Waals surface area contributed by atoms with E-state index in [0.717, 1.165) is 34.1 Å². The summed E-state index contributed by atoms with van der Waals surface area (Å²) in [6.45, 7) is 18.0. The van der Waals surface area contributed by atoms with Crippen LogP contribution in [0, 0.1) is 55.4 Å². The molecular formula is C51H49Cl9F6O10P2PdS2+2. The molecule has 0 amide bonds. The minimum Gasteiger partial charge on any atom is -0.741 e. The van der Waals surface area contributed by atoms with E-state index in [2.05, 4.69) is 152 Å². The van der Waals surface area contributed by atoms with Crippen molar-refractivity contribution in [3.8, 4) is 34.1 Å². The van der Waals surface area contributed by atoms with Gasteiger partial charge in [-0.2, -0.15) is 26.3 Å². The van der Waals surface area contributed by atoms with Crippen LogP contribution in [0.3, 0.4) is 0 Å². The van der Waals surface area contributed by atoms with Crippen LogP contribution in [0.5, 0.6) is 23.0 Å². The van der Waals surface area contributed by atoms with Crippen LogP contribution in [0.4, 0.5) is 26.3 Å². The van der Waals surface area contributed by atoms with E-state index in [-0.39, 0.29) is 34.0 Å². The Balaban J connectivity index is 0.000000618. The smallest absolute Gasteiger partial charge is 0.741 e. The fourth-order valence-corrected chi connectivity index (χ4v) is 14.7. The van der Waals surface area contributed by atoms with Gasteiger partial charge in [-0.25, -0.2) is 16.8 Å². The molecule has 30 heteroatoms. The van der Waals surface area contributed by atoms with Crippen LogP contribution in [0.15, 0.2) is 97.1 Å². The van der Waals surface area contributed by atoms with E-state index in [1.165, 1.54) is 76.3 Å². The summed E-state index contributed by atoms with van der Waals surface area (Å²) in [4.78, 5) is 0. The van der Waals surface area contributed by atoms with Gasteiger partial charge in [0.05, 0.1) is 31.1 Å². The SMILES string of the molecule is Cc1cc(C)cc([PH+](c2cc(C)cc(C)c2)c2ccc3c(c2-c2c([PH+](c4cc(C)cc(C)c4)c4cc(C)cc(C)c4)ccc4c2OCO4)OCO3)c1.O=S(=O)([O-])C(F)(F)F.O=S(=O)([O-])C(F)(F)F.[2H]C(Cl)(Cl)Cl.[2H]C(Cl)(Cl)Cl.[2H]C(Cl)(Cl)Cl.[Pd+2]. The molecule has 6 aromatic rings. The molecule has 2 aliphatic rings. The van der Waals surface area contributed by atoms with Gasteiger partial charge in [-0.15, -0.1) is 0 Å². The fourth-order valence-electron chi connectivity index (χ4n) is 8.29. The Hall–Kier alpha value is -1.95. The second kappa shape index (κ2) is 32.7. The third-order valence-electron chi connectivity index (χ3n) is 10.5. The Kier molecular flexibility index (Phi) is 28.2. The first kappa shape index (κ1) is 69.8. The third kappa shape index (κ3) is 23.7. The maximum Gasteiger partial charge on any atom is 2.00 e. The average molecular weight is 1490 g/mol. The molecule has 2 aliphatic heterocycles. The monoisotopic (exact) mass is 1480 g/mol. The summed E-state index contributed by atoms with van der Waals surface area (Å²) < 4.78 is 156. The van der Waals surface area contributed by atoms with Gasteiger partial charge in [-0.05, 0) is 173 Å². The van der Waals surface area contributed by atoms with Gasteiger partial charge >= 0.3 is 31.4 Å². The first-order chi connectivity index (χ1) is 37.5. The number of halogens is 15. The summed E-state index contributed by atoms with van der Waals surface area (Å²) in [7, 11) is -15.4. The van der Waals surface area contributed by atoms with Crippen molar-refractivity contribution in [1.29, 1.82) is 0 Å². The molecule has 0 saturated heterocycles. The van der Waals surface area contributed by atoms with Crippen LogP contribution in [0.25, 0.3) is 11.1 Å². The zero-order valence-electron chi connectivity index (χ0n) is 46.0. The van der Waals surface area contributed by atoms with Crippen LogP contribution in [0.1, 0.15) is 48.6 Å². The molecule has 0 saturated carbocycles. The van der Waals surface area contributed by atoms with Crippen LogP contribution >= 0.6 is 120 Å². The molecule has 0 unspecified atom stereocenters. The van der Waals surface area contributed by atoms with Crippen molar-refractivity contribution in [2.45, 2.75) is 79.2 Å². The number of rotatable bonds is 7. The number of ether oxygens (including phenoxy) is 4. The van der Waals surface area contributed by atoms with Gasteiger partial charge in [0.25, 0.3) is 0 Å². The van der Waals surface area contributed by atoms with E-state index in [1.807, 2.05) is 0 Å². The standard InChI is InChI=1S/C46H44O4P2.3CHCl3.2CHF3O3S.Pd/c1-27-13-28(2)18-35(17-27)51(36-19-29(3)14-30(4)20-36)41-11-9-39-45(49-25-47-39)43(41)44-42(12-10-40-46(44)50-26-48-40)52(37-21-31(5)15-32(6)22-37)38-23-33(7)16-34(8)24-38;3*2-1(3)4;2*2-1(3,4)8(5,6)7;/h9-24H,25-26H2,1-8H3;3*1H;2*(H,5,6,7);/q;;;;;;+2/i;3*1D;;;. The molecule has 0 bridgehead atoms. The van der Waals surface area contributed by atoms with E-state index in [1.54, 1.807) is 0 Å². The Morgan fingerprint density at radius 2 is 0.617 bits per heavy atom. The second-order valence-electron chi connectivity index (χ2n) is 17.1. The molecule has 0 spiro atoms. The van der Waals surface area contributed by atoms with Crippen LogP contribution in [-0.2, 0) is 40.7 Å². The summed E-state index contributed by atoms with van der Waals surface area (Å²) in [5.74, 6) is 3.08. The molecule has 0 aromatic heterocycles. The average Bonchev–Trinajstić information content (AvgIpc) is 3.93. The quantitative estimate of drug-likeness (QED) is 0.0377. The van der Waals surface area contributed by atoms with Crippen molar-refractivity contribution in [1.82, 2.24) is 0 Å². The van der Waals surface area contributed by atoms with Crippen molar-refractivity contribution in [3.05, 3.63) is 142 Å². The van der Waals surface area contributed by atoms with Gasteiger partial charge < -0.3 is 28.1 Å². The Bertz CT molecular complexity index is 3060. The van der Waals surface area contributed by atoms with Gasteiger partial charge in [0.15, 0.2) is 56.0 Å². The summed E-state index contributed by atoms with van der Waals surface area (Å²) >= 11 is 42.5. The molecule has 0 atom stereocenters. The molecule has 2 heterocycles. The molecule has 10 nitrogen and oxygen atoms in total. The van der Waals surface area contributed by atoms with Gasteiger partial charge in [-0.1, -0.05) is 129 Å². The summed E-state index contributed by atoms with van der Waals surface area (Å²) in [5, 5.41) is 7.86. The predicted molar refractivity (Wildman–Crippen MR) is 318 cm³/mol. The van der Waals surface area contributed by atoms with Gasteiger partial charge in [0, 0.05) is 0 Å². The predicted octanol–water partition coefficient (Wildman–Crippen LogP) is 14.3. The van der Waals surface area contributed by atoms with Crippen molar-refractivity contribution in [2.75, 3.05) is 13.6 Å². The number of benzene rings is 6. The molecule has 448 valence electrons. The molecule has 8 rings (SSSR count). The van der Waals surface area contributed by atoms with Crippen LogP contribution < -0.4 is 50.8 Å². The zero-order valence-corrected chi connectivity index (χ0v) is 55.0. The normalized spacial score (nSPS) is 13.4. The van der Waals surface area contributed by atoms with Gasteiger partial charge in [0.2, 0.25) is 13.6 Å². The number of hydrogen-bond donors (Lipinski definition) is 0. The number of alkyl halides is 15. The summed E-state index contributed by atoms with van der Waals surface area (Å²) in [6.07, 6.45) is 0. The van der Waals surface area contributed by atoms with Gasteiger partial charge in [-0.3, -0.25) is 0 Å².